The number of ether oxygens (including phenoxy) is 2. The zero-order valence-corrected chi connectivity index (χ0v) is 20.4. The second kappa shape index (κ2) is 10.5. The van der Waals surface area contributed by atoms with Crippen molar-refractivity contribution < 1.29 is 26.9 Å². The Kier molecular flexibility index (Phi) is 7.72. The average Bonchev–Trinajstić information content (AvgIpc) is 2.79. The lowest BCUT2D eigenvalue weighted by Gasteiger charge is -2.11. The summed E-state index contributed by atoms with van der Waals surface area (Å²) in [6.45, 7) is 1.86. The van der Waals surface area contributed by atoms with Gasteiger partial charge in [-0.3, -0.25) is 4.79 Å². The molecule has 3 aromatic carbocycles. The molecular weight excluding hydrogens is 512 g/mol. The van der Waals surface area contributed by atoms with Crippen LogP contribution in [0.1, 0.15) is 21.5 Å². The van der Waals surface area contributed by atoms with Crippen molar-refractivity contribution in [2.75, 3.05) is 14.2 Å². The van der Waals surface area contributed by atoms with Crippen LogP contribution in [0.3, 0.4) is 0 Å². The second-order valence-corrected chi connectivity index (χ2v) is 9.27. The third-order valence-electron chi connectivity index (χ3n) is 4.48. The van der Waals surface area contributed by atoms with E-state index in [2.05, 4.69) is 26.5 Å². The fourth-order valence-electron chi connectivity index (χ4n) is 2.79. The highest BCUT2D eigenvalue weighted by molar-refractivity contribution is 9.10. The van der Waals surface area contributed by atoms with Gasteiger partial charge in [-0.25, -0.2) is 5.43 Å². The van der Waals surface area contributed by atoms with Crippen LogP contribution in [0, 0.1) is 6.92 Å². The second-order valence-electron chi connectivity index (χ2n) is 6.80. The minimum Gasteiger partial charge on any atom is -0.496 e. The molecule has 0 bridgehead atoms. The molecule has 0 spiro atoms. The topological polar surface area (TPSA) is 103 Å². The van der Waals surface area contributed by atoms with Gasteiger partial charge >= 0.3 is 10.1 Å². The number of nitrogens with zero attached hydrogens (tertiary/aromatic N) is 1. The van der Waals surface area contributed by atoms with E-state index < -0.39 is 16.0 Å². The number of methoxy groups -OCH3 is 2. The van der Waals surface area contributed by atoms with E-state index >= 15 is 0 Å². The molecule has 0 fully saturated rings. The molecule has 0 aliphatic heterocycles. The van der Waals surface area contributed by atoms with Crippen molar-refractivity contribution in [3.8, 4) is 17.2 Å². The lowest BCUT2D eigenvalue weighted by molar-refractivity contribution is 0.0952. The van der Waals surface area contributed by atoms with Crippen molar-refractivity contribution in [3.05, 3.63) is 81.8 Å². The largest absolute Gasteiger partial charge is 0.496 e. The first kappa shape index (κ1) is 24.3. The van der Waals surface area contributed by atoms with Crippen molar-refractivity contribution in [1.29, 1.82) is 0 Å². The van der Waals surface area contributed by atoms with Crippen LogP contribution in [-0.2, 0) is 10.1 Å². The van der Waals surface area contributed by atoms with Crippen molar-refractivity contribution in [2.45, 2.75) is 11.8 Å². The number of rotatable bonds is 8. The van der Waals surface area contributed by atoms with E-state index in [4.69, 9.17) is 13.7 Å². The number of benzene rings is 3. The molecule has 10 heteroatoms. The predicted octanol–water partition coefficient (Wildman–Crippen LogP) is 4.31. The molecular formula is C23H21BrN2O6S. The highest BCUT2D eigenvalue weighted by atomic mass is 79.9. The van der Waals surface area contributed by atoms with E-state index in [9.17, 15) is 13.2 Å². The number of hydrazone groups is 1. The number of carbonyl (C=O) groups is 1. The molecule has 0 heterocycles. The Bertz CT molecular complexity index is 1290. The van der Waals surface area contributed by atoms with Crippen LogP contribution in [0.2, 0.25) is 0 Å². The Balaban J connectivity index is 1.79. The van der Waals surface area contributed by atoms with Crippen molar-refractivity contribution in [2.24, 2.45) is 5.10 Å². The van der Waals surface area contributed by atoms with Gasteiger partial charge in [0.1, 0.15) is 10.6 Å². The Hall–Kier alpha value is -3.37. The van der Waals surface area contributed by atoms with Crippen LogP contribution in [0.15, 0.2) is 75.1 Å². The van der Waals surface area contributed by atoms with Gasteiger partial charge in [-0.1, -0.05) is 33.6 Å². The van der Waals surface area contributed by atoms with E-state index in [-0.39, 0.29) is 16.4 Å². The summed E-state index contributed by atoms with van der Waals surface area (Å²) in [6.07, 6.45) is 1.35. The van der Waals surface area contributed by atoms with Gasteiger partial charge in [-0.2, -0.15) is 13.5 Å². The van der Waals surface area contributed by atoms with Crippen LogP contribution in [0.25, 0.3) is 0 Å². The predicted molar refractivity (Wildman–Crippen MR) is 128 cm³/mol. The van der Waals surface area contributed by atoms with E-state index in [1.54, 1.807) is 42.5 Å². The third kappa shape index (κ3) is 6.11. The van der Waals surface area contributed by atoms with Crippen molar-refractivity contribution in [1.82, 2.24) is 5.43 Å². The van der Waals surface area contributed by atoms with Gasteiger partial charge in [0.2, 0.25) is 0 Å². The SMILES string of the molecule is COc1ccc(/C=N\NC(=O)c2cc(Br)ccc2OC)cc1OS(=O)(=O)c1ccc(C)cc1. The molecule has 3 rings (SSSR count). The van der Waals surface area contributed by atoms with Crippen LogP contribution >= 0.6 is 15.9 Å². The maximum Gasteiger partial charge on any atom is 0.339 e. The first-order chi connectivity index (χ1) is 15.7. The smallest absolute Gasteiger partial charge is 0.339 e. The first-order valence-electron chi connectivity index (χ1n) is 9.59. The zero-order valence-electron chi connectivity index (χ0n) is 18.0. The molecule has 0 aromatic heterocycles. The van der Waals surface area contributed by atoms with E-state index in [1.807, 2.05) is 6.92 Å². The first-order valence-corrected chi connectivity index (χ1v) is 11.8. The number of halogens is 1. The van der Waals surface area contributed by atoms with Gasteiger partial charge in [0.05, 0.1) is 26.0 Å². The van der Waals surface area contributed by atoms with Crippen LogP contribution in [-0.4, -0.2) is 34.8 Å². The molecule has 0 aliphatic rings. The molecule has 172 valence electrons. The zero-order chi connectivity index (χ0) is 24.0. The van der Waals surface area contributed by atoms with Crippen molar-refractivity contribution >= 4 is 38.2 Å². The standard InChI is InChI=1S/C23H21BrN2O6S/c1-15-4-8-18(9-5-15)33(28,29)32-22-12-16(6-10-21(22)31-3)14-25-26-23(27)19-13-17(24)7-11-20(19)30-2/h4-14H,1-3H3,(H,26,27)/b25-14-. The number of amides is 1. The Morgan fingerprint density at radius 2 is 1.61 bits per heavy atom. The number of hydrogen-bond donors (Lipinski definition) is 1. The van der Waals surface area contributed by atoms with Crippen LogP contribution < -0.4 is 19.1 Å². The minimum absolute atomic E-state index is 0.0120. The van der Waals surface area contributed by atoms with Gasteiger partial charge in [-0.15, -0.1) is 0 Å². The molecule has 1 N–H and O–H groups in total. The summed E-state index contributed by atoms with van der Waals surface area (Å²) in [6, 6.07) is 15.9. The highest BCUT2D eigenvalue weighted by Crippen LogP contribution is 2.30. The number of carbonyl (C=O) groups excluding carboxylic acids is 1. The molecule has 0 unspecified atom stereocenters. The molecule has 1 amide bonds. The van der Waals surface area contributed by atoms with Crippen LogP contribution in [0.5, 0.6) is 17.2 Å². The quantitative estimate of drug-likeness (QED) is 0.263. The van der Waals surface area contributed by atoms with Gasteiger partial charge in [0.15, 0.2) is 11.5 Å². The molecule has 0 saturated heterocycles. The summed E-state index contributed by atoms with van der Waals surface area (Å²) in [4.78, 5) is 12.5. The summed E-state index contributed by atoms with van der Waals surface area (Å²) in [7, 11) is -1.21. The normalized spacial score (nSPS) is 11.3. The maximum absolute atomic E-state index is 12.7. The van der Waals surface area contributed by atoms with E-state index in [0.717, 1.165) is 5.56 Å². The number of hydrogen-bond acceptors (Lipinski definition) is 7. The van der Waals surface area contributed by atoms with Gasteiger partial charge in [0, 0.05) is 4.47 Å². The molecule has 0 aliphatic carbocycles. The Labute approximate surface area is 200 Å². The molecule has 33 heavy (non-hydrogen) atoms. The van der Waals surface area contributed by atoms with Gasteiger partial charge in [0.25, 0.3) is 5.91 Å². The Morgan fingerprint density at radius 3 is 2.27 bits per heavy atom. The lowest BCUT2D eigenvalue weighted by atomic mass is 10.2. The average molecular weight is 533 g/mol. The summed E-state index contributed by atoms with van der Waals surface area (Å²) >= 11 is 3.32. The third-order valence-corrected chi connectivity index (χ3v) is 6.22. The van der Waals surface area contributed by atoms with Crippen LogP contribution in [0.4, 0.5) is 0 Å². The molecule has 0 radical (unpaired) electrons. The highest BCUT2D eigenvalue weighted by Gasteiger charge is 2.19. The van der Waals surface area contributed by atoms with Crippen molar-refractivity contribution in [3.63, 3.8) is 0 Å². The van der Waals surface area contributed by atoms with Gasteiger partial charge in [-0.05, 0) is 61.0 Å². The van der Waals surface area contributed by atoms with Gasteiger partial charge < -0.3 is 13.7 Å². The maximum atomic E-state index is 12.7. The summed E-state index contributed by atoms with van der Waals surface area (Å²) in [5.41, 5.74) is 4.12. The molecule has 0 saturated carbocycles. The lowest BCUT2D eigenvalue weighted by Crippen LogP contribution is -2.18. The molecule has 8 nitrogen and oxygen atoms in total. The monoisotopic (exact) mass is 532 g/mol. The molecule has 3 aromatic rings. The fourth-order valence-corrected chi connectivity index (χ4v) is 4.09. The van der Waals surface area contributed by atoms with E-state index in [1.165, 1.54) is 38.6 Å². The minimum atomic E-state index is -4.07. The Morgan fingerprint density at radius 1 is 0.939 bits per heavy atom. The molecule has 0 atom stereocenters. The van der Waals surface area contributed by atoms with E-state index in [0.29, 0.717) is 21.3 Å². The summed E-state index contributed by atoms with van der Waals surface area (Å²) in [5, 5.41) is 3.94. The summed E-state index contributed by atoms with van der Waals surface area (Å²) in [5.74, 6) is 0.136. The fraction of sp³-hybridized carbons (Fsp3) is 0.130. The number of aryl methyl sites for hydroxylation is 1. The summed E-state index contributed by atoms with van der Waals surface area (Å²) < 4.78 is 41.7. The number of nitrogens with one attached hydrogen (secondary N) is 1.